The molecule has 0 bridgehead atoms. The van der Waals surface area contributed by atoms with Crippen molar-refractivity contribution in [1.82, 2.24) is 0 Å². The van der Waals surface area contributed by atoms with Crippen LogP contribution >= 0.6 is 23.2 Å². The fraction of sp³-hybridized carbons (Fsp3) is 0.167. The number of nitro benzene ring substituents is 1. The quantitative estimate of drug-likeness (QED) is 0.278. The van der Waals surface area contributed by atoms with Crippen LogP contribution in [-0.2, 0) is 0 Å². The Balaban J connectivity index is 2.48. The number of nitro groups is 1. The van der Waals surface area contributed by atoms with Crippen molar-refractivity contribution in [2.24, 2.45) is 0 Å². The third-order valence-electron chi connectivity index (χ3n) is 3.30. The van der Waals surface area contributed by atoms with Crippen molar-refractivity contribution in [1.29, 1.82) is 5.26 Å². The van der Waals surface area contributed by atoms with Gasteiger partial charge in [-0.05, 0) is 42.3 Å². The summed E-state index contributed by atoms with van der Waals surface area (Å²) in [4.78, 5) is 10.2. The van der Waals surface area contributed by atoms with Gasteiger partial charge in [-0.3, -0.25) is 10.1 Å². The number of rotatable bonds is 6. The van der Waals surface area contributed by atoms with E-state index in [1.807, 2.05) is 6.92 Å². The Hall–Kier alpha value is -2.55. The Bertz CT molecular complexity index is 856. The summed E-state index contributed by atoms with van der Waals surface area (Å²) in [7, 11) is 0. The van der Waals surface area contributed by atoms with E-state index in [1.165, 1.54) is 24.3 Å². The molecule has 0 N–H and O–H groups in total. The van der Waals surface area contributed by atoms with Gasteiger partial charge in [0, 0.05) is 22.7 Å². The number of benzene rings is 2. The van der Waals surface area contributed by atoms with Gasteiger partial charge < -0.3 is 4.74 Å². The molecule has 2 aromatic carbocycles. The second kappa shape index (κ2) is 8.52. The lowest BCUT2D eigenvalue weighted by Crippen LogP contribution is -1.98. The minimum atomic E-state index is -0.493. The summed E-state index contributed by atoms with van der Waals surface area (Å²) in [6.45, 7) is 2.44. The van der Waals surface area contributed by atoms with E-state index >= 15 is 0 Å². The molecule has 0 radical (unpaired) electrons. The Morgan fingerprint density at radius 3 is 2.56 bits per heavy atom. The highest BCUT2D eigenvalue weighted by atomic mass is 35.5. The summed E-state index contributed by atoms with van der Waals surface area (Å²) in [6.07, 6.45) is 2.40. The van der Waals surface area contributed by atoms with Gasteiger partial charge in [0.1, 0.15) is 5.75 Å². The number of nitrogens with zero attached hydrogens (tertiary/aromatic N) is 2. The summed E-state index contributed by atoms with van der Waals surface area (Å²) >= 11 is 12.3. The summed E-state index contributed by atoms with van der Waals surface area (Å²) in [5.41, 5.74) is 1.39. The zero-order valence-corrected chi connectivity index (χ0v) is 14.8. The normalized spacial score (nSPS) is 11.0. The maximum atomic E-state index is 10.7. The SMILES string of the molecule is CCCOc1c(Cl)cc(Cl)cc1/C=C(\C#N)c1ccc([N+](=O)[O-])cc1. The van der Waals surface area contributed by atoms with E-state index in [0.717, 1.165) is 6.42 Å². The molecule has 25 heavy (non-hydrogen) atoms. The third kappa shape index (κ3) is 4.72. The first-order valence-corrected chi connectivity index (χ1v) is 8.20. The lowest BCUT2D eigenvalue weighted by atomic mass is 10.0. The number of hydrogen-bond donors (Lipinski definition) is 0. The molecule has 0 aromatic heterocycles. The van der Waals surface area contributed by atoms with Crippen molar-refractivity contribution in [3.8, 4) is 11.8 Å². The lowest BCUT2D eigenvalue weighted by Gasteiger charge is -2.11. The van der Waals surface area contributed by atoms with Crippen LogP contribution in [0.15, 0.2) is 36.4 Å². The zero-order chi connectivity index (χ0) is 18.4. The average molecular weight is 377 g/mol. The first-order chi connectivity index (χ1) is 12.0. The van der Waals surface area contributed by atoms with Crippen LogP contribution in [0.1, 0.15) is 24.5 Å². The molecule has 7 heteroatoms. The van der Waals surface area contributed by atoms with Crippen LogP contribution in [0.3, 0.4) is 0 Å². The van der Waals surface area contributed by atoms with Crippen LogP contribution in [-0.4, -0.2) is 11.5 Å². The van der Waals surface area contributed by atoms with E-state index in [4.69, 9.17) is 27.9 Å². The largest absolute Gasteiger partial charge is 0.491 e. The predicted octanol–water partition coefficient (Wildman–Crippen LogP) is 5.75. The molecule has 2 rings (SSSR count). The Morgan fingerprint density at radius 1 is 1.32 bits per heavy atom. The van der Waals surface area contributed by atoms with Gasteiger partial charge in [0.05, 0.1) is 28.2 Å². The van der Waals surface area contributed by atoms with Gasteiger partial charge in [0.15, 0.2) is 0 Å². The summed E-state index contributed by atoms with van der Waals surface area (Å²) in [5, 5.41) is 21.0. The standard InChI is InChI=1S/C18H14Cl2N2O3/c1-2-7-25-18-13(9-15(19)10-17(18)20)8-14(11-21)12-3-5-16(6-4-12)22(23)24/h3-6,8-10H,2,7H2,1H3/b14-8+. The first-order valence-electron chi connectivity index (χ1n) is 7.44. The second-order valence-electron chi connectivity index (χ2n) is 5.13. The first kappa shape index (κ1) is 18.8. The second-order valence-corrected chi connectivity index (χ2v) is 5.97. The Morgan fingerprint density at radius 2 is 2.00 bits per heavy atom. The Labute approximate surface area is 155 Å². The van der Waals surface area contributed by atoms with Gasteiger partial charge in [-0.15, -0.1) is 0 Å². The predicted molar refractivity (Wildman–Crippen MR) is 98.8 cm³/mol. The van der Waals surface area contributed by atoms with Gasteiger partial charge in [0.2, 0.25) is 0 Å². The fourth-order valence-electron chi connectivity index (χ4n) is 2.14. The van der Waals surface area contributed by atoms with Crippen LogP contribution in [0.5, 0.6) is 5.75 Å². The molecule has 0 fully saturated rings. The van der Waals surface area contributed by atoms with Crippen LogP contribution in [0, 0.1) is 21.4 Å². The number of nitriles is 1. The van der Waals surface area contributed by atoms with Crippen LogP contribution in [0.25, 0.3) is 11.6 Å². The zero-order valence-electron chi connectivity index (χ0n) is 13.3. The van der Waals surface area contributed by atoms with Crippen molar-refractivity contribution >= 4 is 40.5 Å². The summed E-state index contributed by atoms with van der Waals surface area (Å²) in [6, 6.07) is 11.0. The molecule has 0 atom stereocenters. The topological polar surface area (TPSA) is 76.2 Å². The minimum Gasteiger partial charge on any atom is -0.491 e. The number of hydrogen-bond acceptors (Lipinski definition) is 4. The average Bonchev–Trinajstić information content (AvgIpc) is 2.58. The molecule has 0 amide bonds. The molecule has 0 saturated carbocycles. The van der Waals surface area contributed by atoms with Crippen LogP contribution in [0.2, 0.25) is 10.0 Å². The maximum Gasteiger partial charge on any atom is 0.269 e. The number of non-ortho nitro benzene ring substituents is 1. The van der Waals surface area contributed by atoms with E-state index in [1.54, 1.807) is 18.2 Å². The molecule has 128 valence electrons. The van der Waals surface area contributed by atoms with Gasteiger partial charge in [-0.25, -0.2) is 0 Å². The molecule has 0 aliphatic carbocycles. The van der Waals surface area contributed by atoms with Crippen LogP contribution in [0.4, 0.5) is 5.69 Å². The van der Waals surface area contributed by atoms with E-state index in [9.17, 15) is 15.4 Å². The Kier molecular flexibility index (Phi) is 6.40. The molecule has 0 saturated heterocycles. The molecule has 0 unspecified atom stereocenters. The van der Waals surface area contributed by atoms with Crippen molar-refractivity contribution in [3.05, 3.63) is 67.7 Å². The van der Waals surface area contributed by atoms with Crippen molar-refractivity contribution < 1.29 is 9.66 Å². The number of allylic oxidation sites excluding steroid dienone is 1. The van der Waals surface area contributed by atoms with Crippen molar-refractivity contribution in [2.45, 2.75) is 13.3 Å². The monoisotopic (exact) mass is 376 g/mol. The maximum absolute atomic E-state index is 10.7. The molecule has 5 nitrogen and oxygen atoms in total. The molecule has 2 aromatic rings. The fourth-order valence-corrected chi connectivity index (χ4v) is 2.71. The molecule has 0 spiro atoms. The summed E-state index contributed by atoms with van der Waals surface area (Å²) in [5.74, 6) is 0.447. The highest BCUT2D eigenvalue weighted by Gasteiger charge is 2.12. The summed E-state index contributed by atoms with van der Waals surface area (Å²) < 4.78 is 5.67. The van der Waals surface area contributed by atoms with Gasteiger partial charge in [-0.1, -0.05) is 30.1 Å². The number of halogens is 2. The van der Waals surface area contributed by atoms with Crippen molar-refractivity contribution in [2.75, 3.05) is 6.61 Å². The third-order valence-corrected chi connectivity index (χ3v) is 3.80. The smallest absolute Gasteiger partial charge is 0.269 e. The van der Waals surface area contributed by atoms with E-state index in [2.05, 4.69) is 6.07 Å². The van der Waals surface area contributed by atoms with E-state index in [-0.39, 0.29) is 5.69 Å². The highest BCUT2D eigenvalue weighted by Crippen LogP contribution is 2.35. The molecule has 0 aliphatic rings. The number of ether oxygens (including phenoxy) is 1. The molecular weight excluding hydrogens is 363 g/mol. The lowest BCUT2D eigenvalue weighted by molar-refractivity contribution is -0.384. The van der Waals surface area contributed by atoms with Gasteiger partial charge >= 0.3 is 0 Å². The molecular formula is C18H14Cl2N2O3. The molecule has 0 heterocycles. The van der Waals surface area contributed by atoms with E-state index < -0.39 is 4.92 Å². The highest BCUT2D eigenvalue weighted by molar-refractivity contribution is 6.36. The van der Waals surface area contributed by atoms with Gasteiger partial charge in [0.25, 0.3) is 5.69 Å². The van der Waals surface area contributed by atoms with Crippen LogP contribution < -0.4 is 4.74 Å². The van der Waals surface area contributed by atoms with Crippen molar-refractivity contribution in [3.63, 3.8) is 0 Å². The minimum absolute atomic E-state index is 0.0428. The molecule has 0 aliphatic heterocycles. The van der Waals surface area contributed by atoms with E-state index in [0.29, 0.717) is 39.1 Å². The van der Waals surface area contributed by atoms with Gasteiger partial charge in [-0.2, -0.15) is 5.26 Å².